The second-order valence-electron chi connectivity index (χ2n) is 2.80. The molecule has 0 radical (unpaired) electrons. The van der Waals surface area contributed by atoms with E-state index in [-0.39, 0.29) is 21.2 Å². The van der Waals surface area contributed by atoms with Crippen LogP contribution >= 0.6 is 0 Å². The van der Waals surface area contributed by atoms with Crippen LogP contribution in [0.2, 0.25) is 0 Å². The van der Waals surface area contributed by atoms with Crippen molar-refractivity contribution in [2.24, 2.45) is 0 Å². The Morgan fingerprint density at radius 1 is 1.25 bits per heavy atom. The monoisotopic (exact) mass is 272 g/mol. The van der Waals surface area contributed by atoms with Crippen LogP contribution in [0.25, 0.3) is 10.9 Å². The van der Waals surface area contributed by atoms with Gasteiger partial charge >= 0.3 is 82.5 Å². The fourth-order valence-corrected chi connectivity index (χ4v) is 3.10. The molecule has 0 unspecified atom stereocenters. The van der Waals surface area contributed by atoms with Crippen molar-refractivity contribution < 1.29 is 21.2 Å². The van der Waals surface area contributed by atoms with Gasteiger partial charge in [-0.2, -0.15) is 0 Å². The molecule has 1 nitrogen and oxygen atoms in total. The number of nitrogens with one attached hydrogen (secondary N) is 1. The summed E-state index contributed by atoms with van der Waals surface area (Å²) in [5.74, 6) is 0. The van der Waals surface area contributed by atoms with Crippen molar-refractivity contribution in [2.75, 3.05) is 4.93 Å². The predicted molar refractivity (Wildman–Crippen MR) is 47.7 cm³/mol. The van der Waals surface area contributed by atoms with Crippen molar-refractivity contribution in [2.45, 2.75) is 6.92 Å². The number of alkyl halides is 1. The minimum atomic E-state index is 0.184. The van der Waals surface area contributed by atoms with Crippen LogP contribution in [0.1, 0.15) is 5.56 Å². The van der Waals surface area contributed by atoms with Gasteiger partial charge in [0, 0.05) is 0 Å². The van der Waals surface area contributed by atoms with Crippen molar-refractivity contribution in [3.05, 3.63) is 33.5 Å². The fraction of sp³-hybridized carbons (Fsp3) is 0.200. The van der Waals surface area contributed by atoms with Gasteiger partial charge in [-0.1, -0.05) is 0 Å². The van der Waals surface area contributed by atoms with Crippen LogP contribution in [0, 0.1) is 10.6 Å². The van der Waals surface area contributed by atoms with E-state index in [2.05, 4.69) is 41.1 Å². The van der Waals surface area contributed by atoms with E-state index in [0.29, 0.717) is 0 Å². The summed E-state index contributed by atoms with van der Waals surface area (Å²) in [6.45, 7) is 2.21. The molecule has 0 atom stereocenters. The van der Waals surface area contributed by atoms with E-state index in [1.807, 2.05) is 0 Å². The first-order valence-corrected chi connectivity index (χ1v) is 7.13. The Hall–Kier alpha value is -0.510. The Bertz CT molecular complexity index is 403. The molecule has 2 rings (SSSR count). The average molecular weight is 272 g/mol. The van der Waals surface area contributed by atoms with Crippen LogP contribution < -0.4 is 21.2 Å². The van der Waals surface area contributed by atoms with Gasteiger partial charge in [-0.3, -0.25) is 0 Å². The SMILES string of the molecule is C[I-]c1[nH]c2ccccc2c1C. The normalized spacial score (nSPS) is 11.2. The molecule has 0 spiro atoms. The summed E-state index contributed by atoms with van der Waals surface area (Å²) < 4.78 is 1.47. The first kappa shape index (κ1) is 8.10. The number of hydrogen-bond donors (Lipinski definition) is 1. The molecule has 1 heterocycles. The van der Waals surface area contributed by atoms with Gasteiger partial charge in [-0.25, -0.2) is 0 Å². The van der Waals surface area contributed by atoms with Crippen LogP contribution in [-0.2, 0) is 0 Å². The standard InChI is InChI=1S/C10H11IN/c1-7-8-5-3-4-6-9(8)12-10(7)11-2/h3-6,12H,1-2H3/q-1. The molecule has 0 aliphatic carbocycles. The van der Waals surface area contributed by atoms with Gasteiger partial charge in [0.15, 0.2) is 0 Å². The summed E-state index contributed by atoms with van der Waals surface area (Å²) in [4.78, 5) is 5.75. The summed E-state index contributed by atoms with van der Waals surface area (Å²) in [6.07, 6.45) is 0. The third-order valence-corrected chi connectivity index (χ3v) is 4.25. The van der Waals surface area contributed by atoms with E-state index in [0.717, 1.165) is 0 Å². The van der Waals surface area contributed by atoms with Gasteiger partial charge in [-0.05, 0) is 0 Å². The Balaban J connectivity index is 2.78. The second kappa shape index (κ2) is 3.09. The number of rotatable bonds is 1. The topological polar surface area (TPSA) is 15.8 Å². The number of fused-ring (bicyclic) bond motifs is 1. The number of aromatic amines is 1. The second-order valence-corrected chi connectivity index (χ2v) is 4.96. The van der Waals surface area contributed by atoms with E-state index in [1.54, 1.807) is 0 Å². The number of H-pyrrole nitrogens is 1. The van der Waals surface area contributed by atoms with Crippen molar-refractivity contribution in [1.29, 1.82) is 0 Å². The van der Waals surface area contributed by atoms with Gasteiger partial charge in [0.2, 0.25) is 0 Å². The van der Waals surface area contributed by atoms with Crippen LogP contribution in [0.15, 0.2) is 24.3 Å². The number of hydrogen-bond acceptors (Lipinski definition) is 0. The van der Waals surface area contributed by atoms with Crippen molar-refractivity contribution >= 4 is 10.9 Å². The Labute approximate surface area is 82.4 Å². The van der Waals surface area contributed by atoms with Crippen LogP contribution in [-0.4, -0.2) is 9.91 Å². The Morgan fingerprint density at radius 2 is 2.00 bits per heavy atom. The summed E-state index contributed by atoms with van der Waals surface area (Å²) in [5.41, 5.74) is 2.73. The Kier molecular flexibility index (Phi) is 2.09. The molecule has 2 heteroatoms. The van der Waals surface area contributed by atoms with Crippen LogP contribution in [0.3, 0.4) is 0 Å². The summed E-state index contributed by atoms with van der Waals surface area (Å²) >= 11 is 0.184. The molecule has 1 aromatic heterocycles. The zero-order valence-electron chi connectivity index (χ0n) is 7.19. The van der Waals surface area contributed by atoms with E-state index < -0.39 is 0 Å². The molecule has 0 amide bonds. The first-order chi connectivity index (χ1) is 5.83. The van der Waals surface area contributed by atoms with E-state index in [9.17, 15) is 0 Å². The van der Waals surface area contributed by atoms with Crippen molar-refractivity contribution in [3.63, 3.8) is 0 Å². The van der Waals surface area contributed by atoms with Gasteiger partial charge in [0.1, 0.15) is 0 Å². The molecule has 0 fully saturated rings. The minimum absolute atomic E-state index is 0.184. The number of para-hydroxylation sites is 1. The first-order valence-electron chi connectivity index (χ1n) is 3.89. The van der Waals surface area contributed by atoms with Crippen molar-refractivity contribution in [1.82, 2.24) is 4.98 Å². The summed E-state index contributed by atoms with van der Waals surface area (Å²) in [6, 6.07) is 8.51. The fourth-order valence-electron chi connectivity index (χ4n) is 1.44. The Morgan fingerprint density at radius 3 is 2.67 bits per heavy atom. The summed E-state index contributed by atoms with van der Waals surface area (Å²) in [5, 5.41) is 1.38. The third-order valence-electron chi connectivity index (χ3n) is 2.09. The quantitative estimate of drug-likeness (QED) is 0.525. The van der Waals surface area contributed by atoms with Gasteiger partial charge in [0.05, 0.1) is 0 Å². The maximum atomic E-state index is 3.46. The molecule has 0 saturated carbocycles. The molecule has 0 aliphatic heterocycles. The third kappa shape index (κ3) is 1.14. The van der Waals surface area contributed by atoms with Gasteiger partial charge in [-0.15, -0.1) is 0 Å². The zero-order valence-corrected chi connectivity index (χ0v) is 9.34. The molecule has 1 N–H and O–H groups in total. The van der Waals surface area contributed by atoms with Gasteiger partial charge in [0.25, 0.3) is 0 Å². The number of halogens is 1. The zero-order chi connectivity index (χ0) is 8.55. The predicted octanol–water partition coefficient (Wildman–Crippen LogP) is -0.635. The average Bonchev–Trinajstić information content (AvgIpc) is 2.44. The maximum absolute atomic E-state index is 3.46. The van der Waals surface area contributed by atoms with E-state index in [4.69, 9.17) is 0 Å². The van der Waals surface area contributed by atoms with E-state index in [1.165, 1.54) is 20.2 Å². The van der Waals surface area contributed by atoms with Crippen LogP contribution in [0.5, 0.6) is 0 Å². The molecule has 0 saturated heterocycles. The molecular formula is C10H11IN-. The number of benzene rings is 1. The van der Waals surface area contributed by atoms with Crippen molar-refractivity contribution in [3.8, 4) is 0 Å². The molecular weight excluding hydrogens is 261 g/mol. The van der Waals surface area contributed by atoms with Gasteiger partial charge < -0.3 is 0 Å². The van der Waals surface area contributed by atoms with E-state index >= 15 is 0 Å². The number of aromatic nitrogens is 1. The molecule has 12 heavy (non-hydrogen) atoms. The number of aryl methyl sites for hydroxylation is 1. The molecule has 0 aliphatic rings. The van der Waals surface area contributed by atoms with Crippen LogP contribution in [0.4, 0.5) is 0 Å². The molecule has 2 aromatic rings. The molecule has 64 valence electrons. The molecule has 0 bridgehead atoms. The molecule has 1 aromatic carbocycles. The summed E-state index contributed by atoms with van der Waals surface area (Å²) in [7, 11) is 0.